The van der Waals surface area contributed by atoms with Crippen LogP contribution in [-0.2, 0) is 4.74 Å². The maximum absolute atomic E-state index is 5.69. The molecule has 0 fully saturated rings. The molecule has 1 aliphatic rings. The van der Waals surface area contributed by atoms with Crippen molar-refractivity contribution in [1.82, 2.24) is 0 Å². The summed E-state index contributed by atoms with van der Waals surface area (Å²) in [6.45, 7) is 0.545. The summed E-state index contributed by atoms with van der Waals surface area (Å²) in [7, 11) is 0. The maximum atomic E-state index is 5.69. The summed E-state index contributed by atoms with van der Waals surface area (Å²) in [5.74, 6) is 1.49. The molecule has 0 aliphatic carbocycles. The highest BCUT2D eigenvalue weighted by Gasteiger charge is 2.00. The lowest BCUT2D eigenvalue weighted by atomic mass is 10.3. The second-order valence-electron chi connectivity index (χ2n) is 2.72. The molecule has 1 heterocycles. The van der Waals surface area contributed by atoms with Crippen molar-refractivity contribution < 1.29 is 9.47 Å². The standard InChI is InChI=1S/C11H8ClO2/c12-9-1-3-10(4-2-9)14-11-5-7-13-8-6-11/h1,3-7H,8H2. The number of hydrogen-bond donors (Lipinski definition) is 0. The van der Waals surface area contributed by atoms with Crippen LogP contribution in [0, 0.1) is 6.07 Å². The van der Waals surface area contributed by atoms with E-state index >= 15 is 0 Å². The van der Waals surface area contributed by atoms with Crippen molar-refractivity contribution in [3.8, 4) is 5.75 Å². The third kappa shape index (κ3) is 2.30. The van der Waals surface area contributed by atoms with Gasteiger partial charge in [0.1, 0.15) is 18.1 Å². The van der Waals surface area contributed by atoms with Crippen molar-refractivity contribution in [3.05, 3.63) is 53.5 Å². The summed E-state index contributed by atoms with van der Waals surface area (Å²) in [5.41, 5.74) is 0. The molecule has 0 aromatic heterocycles. The highest BCUT2D eigenvalue weighted by Crippen LogP contribution is 2.18. The summed E-state index contributed by atoms with van der Waals surface area (Å²) in [5, 5.41) is 0.578. The highest BCUT2D eigenvalue weighted by molar-refractivity contribution is 6.30. The van der Waals surface area contributed by atoms with Gasteiger partial charge in [-0.15, -0.1) is 0 Å². The molecule has 2 nitrogen and oxygen atoms in total. The van der Waals surface area contributed by atoms with Crippen molar-refractivity contribution >= 4 is 11.6 Å². The number of halogens is 1. The lowest BCUT2D eigenvalue weighted by molar-refractivity contribution is 0.273. The lowest BCUT2D eigenvalue weighted by Gasteiger charge is -2.09. The van der Waals surface area contributed by atoms with Gasteiger partial charge in [0, 0.05) is 17.2 Å². The maximum Gasteiger partial charge on any atom is 0.129 e. The van der Waals surface area contributed by atoms with Gasteiger partial charge in [-0.25, -0.2) is 0 Å². The van der Waals surface area contributed by atoms with Crippen molar-refractivity contribution in [2.24, 2.45) is 0 Å². The fourth-order valence-corrected chi connectivity index (χ4v) is 1.15. The zero-order valence-electron chi connectivity index (χ0n) is 7.37. The van der Waals surface area contributed by atoms with Crippen molar-refractivity contribution in [1.29, 1.82) is 0 Å². The van der Waals surface area contributed by atoms with E-state index in [2.05, 4.69) is 6.07 Å². The predicted molar refractivity (Wildman–Crippen MR) is 54.1 cm³/mol. The molecule has 0 saturated carbocycles. The Morgan fingerprint density at radius 2 is 2.36 bits per heavy atom. The molecule has 0 atom stereocenters. The van der Waals surface area contributed by atoms with Crippen LogP contribution in [0.25, 0.3) is 0 Å². The first-order chi connectivity index (χ1) is 6.84. The minimum Gasteiger partial charge on any atom is -0.497 e. The zero-order chi connectivity index (χ0) is 9.80. The molecule has 1 aromatic carbocycles. The monoisotopic (exact) mass is 207 g/mol. The van der Waals surface area contributed by atoms with E-state index in [1.165, 1.54) is 0 Å². The second kappa shape index (κ2) is 4.20. The van der Waals surface area contributed by atoms with Crippen molar-refractivity contribution in [3.63, 3.8) is 0 Å². The van der Waals surface area contributed by atoms with Crippen LogP contribution in [0.3, 0.4) is 0 Å². The van der Waals surface area contributed by atoms with Crippen LogP contribution in [0.5, 0.6) is 5.75 Å². The number of rotatable bonds is 2. The number of ether oxygens (including phenoxy) is 2. The fourth-order valence-electron chi connectivity index (χ4n) is 1.04. The van der Waals surface area contributed by atoms with E-state index in [1.54, 1.807) is 30.5 Å². The van der Waals surface area contributed by atoms with E-state index in [0.717, 1.165) is 5.76 Å². The largest absolute Gasteiger partial charge is 0.497 e. The molecule has 0 saturated heterocycles. The summed E-state index contributed by atoms with van der Waals surface area (Å²) < 4.78 is 10.5. The van der Waals surface area contributed by atoms with Gasteiger partial charge in [-0.2, -0.15) is 0 Å². The molecule has 71 valence electrons. The second-order valence-corrected chi connectivity index (χ2v) is 3.12. The van der Waals surface area contributed by atoms with E-state index < -0.39 is 0 Å². The topological polar surface area (TPSA) is 18.5 Å². The van der Waals surface area contributed by atoms with Gasteiger partial charge in [0.05, 0.1) is 6.26 Å². The Morgan fingerprint density at radius 1 is 1.43 bits per heavy atom. The Bertz CT molecular complexity index is 365. The van der Waals surface area contributed by atoms with Gasteiger partial charge in [-0.3, -0.25) is 0 Å². The molecule has 0 N–H and O–H groups in total. The van der Waals surface area contributed by atoms with Gasteiger partial charge < -0.3 is 9.47 Å². The first-order valence-corrected chi connectivity index (χ1v) is 4.56. The molecule has 1 aromatic rings. The third-order valence-corrected chi connectivity index (χ3v) is 1.93. The van der Waals surface area contributed by atoms with Gasteiger partial charge in [0.15, 0.2) is 0 Å². The summed E-state index contributed by atoms with van der Waals surface area (Å²) in [6.07, 6.45) is 5.22. The van der Waals surface area contributed by atoms with Crippen molar-refractivity contribution in [2.45, 2.75) is 0 Å². The number of hydrogen-bond acceptors (Lipinski definition) is 2. The van der Waals surface area contributed by atoms with Crippen LogP contribution in [0.15, 0.2) is 42.4 Å². The van der Waals surface area contributed by atoms with Crippen LogP contribution < -0.4 is 4.74 Å². The molecule has 1 radical (unpaired) electrons. The molecule has 0 amide bonds. The summed E-state index contributed by atoms with van der Waals surface area (Å²) in [4.78, 5) is 0. The SMILES string of the molecule is Clc1[c]cc(OC2=CCOC=C2)cc1. The Labute approximate surface area is 87.4 Å². The summed E-state index contributed by atoms with van der Waals surface area (Å²) >= 11 is 5.69. The molecule has 14 heavy (non-hydrogen) atoms. The highest BCUT2D eigenvalue weighted by atomic mass is 35.5. The molecule has 1 aliphatic heterocycles. The third-order valence-electron chi connectivity index (χ3n) is 1.69. The van der Waals surface area contributed by atoms with Gasteiger partial charge in [-0.1, -0.05) is 11.6 Å². The average molecular weight is 208 g/mol. The minimum absolute atomic E-state index is 0.545. The quantitative estimate of drug-likeness (QED) is 0.743. The first kappa shape index (κ1) is 9.16. The molecule has 0 unspecified atom stereocenters. The van der Waals surface area contributed by atoms with Gasteiger partial charge in [-0.05, 0) is 24.3 Å². The van der Waals surface area contributed by atoms with Crippen LogP contribution in [0.1, 0.15) is 0 Å². The Hall–Kier alpha value is -1.41. The van der Waals surface area contributed by atoms with Crippen LogP contribution >= 0.6 is 11.6 Å². The minimum atomic E-state index is 0.545. The van der Waals surface area contributed by atoms with Gasteiger partial charge >= 0.3 is 0 Å². The van der Waals surface area contributed by atoms with Crippen molar-refractivity contribution in [2.75, 3.05) is 6.61 Å². The molecule has 0 bridgehead atoms. The smallest absolute Gasteiger partial charge is 0.129 e. The fraction of sp³-hybridized carbons (Fsp3) is 0.0909. The lowest BCUT2D eigenvalue weighted by Crippen LogP contribution is -1.98. The zero-order valence-corrected chi connectivity index (χ0v) is 8.12. The van der Waals surface area contributed by atoms with Crippen LogP contribution in [0.4, 0.5) is 0 Å². The Balaban J connectivity index is 2.07. The first-order valence-electron chi connectivity index (χ1n) is 4.18. The van der Waals surface area contributed by atoms with E-state index in [9.17, 15) is 0 Å². The molecule has 0 spiro atoms. The normalized spacial score (nSPS) is 14.5. The average Bonchev–Trinajstić information content (AvgIpc) is 2.23. The van der Waals surface area contributed by atoms with Crippen LogP contribution in [-0.4, -0.2) is 6.61 Å². The molecular weight excluding hydrogens is 200 g/mol. The number of benzene rings is 1. The van der Waals surface area contributed by atoms with E-state index in [0.29, 0.717) is 17.4 Å². The molecule has 2 rings (SSSR count). The predicted octanol–water partition coefficient (Wildman–Crippen LogP) is 2.95. The Kier molecular flexibility index (Phi) is 2.75. The van der Waals surface area contributed by atoms with E-state index in [-0.39, 0.29) is 0 Å². The van der Waals surface area contributed by atoms with Gasteiger partial charge in [0.25, 0.3) is 0 Å². The number of allylic oxidation sites excluding steroid dienone is 1. The molecule has 3 heteroatoms. The Morgan fingerprint density at radius 3 is 3.00 bits per heavy atom. The summed E-state index contributed by atoms with van der Waals surface area (Å²) in [6, 6.07) is 8.08. The molecular formula is C11H8ClO2. The van der Waals surface area contributed by atoms with Gasteiger partial charge in [0.2, 0.25) is 0 Å². The van der Waals surface area contributed by atoms with E-state index in [4.69, 9.17) is 21.1 Å². The van der Waals surface area contributed by atoms with Crippen LogP contribution in [0.2, 0.25) is 5.02 Å². The van der Waals surface area contributed by atoms with E-state index in [1.807, 2.05) is 6.08 Å².